The summed E-state index contributed by atoms with van der Waals surface area (Å²) in [6, 6.07) is 49.6. The molecule has 0 unspecified atom stereocenters. The third kappa shape index (κ3) is 3.07. The molecule has 1 heterocycles. The van der Waals surface area contributed by atoms with Crippen LogP contribution in [0.4, 0.5) is 17.1 Å². The predicted octanol–water partition coefficient (Wildman–Crippen LogP) is 10.5. The molecule has 8 aromatic rings. The second-order valence-electron chi connectivity index (χ2n) is 9.75. The van der Waals surface area contributed by atoms with E-state index in [-0.39, 0.29) is 0 Å². The first-order valence-corrected chi connectivity index (χ1v) is 13.0. The molecule has 8 rings (SSSR count). The number of hydrogen-bond donors (Lipinski definition) is 0. The molecular weight excluding hydrogens is 462 g/mol. The fourth-order valence-electron chi connectivity index (χ4n) is 5.91. The molecule has 0 aliphatic heterocycles. The SMILES string of the molecule is c1ccc2c(N(c3cccc4ccccc34)c3cc4ccccc4c4oc5ccccc5c34)cccc2c1. The molecular formula is C36H23NO. The highest BCUT2D eigenvalue weighted by Crippen LogP contribution is 2.48. The molecule has 0 amide bonds. The lowest BCUT2D eigenvalue weighted by Gasteiger charge is -2.29. The van der Waals surface area contributed by atoms with Crippen molar-refractivity contribution >= 4 is 71.3 Å². The van der Waals surface area contributed by atoms with Crippen molar-refractivity contribution in [2.75, 3.05) is 4.90 Å². The zero-order valence-corrected chi connectivity index (χ0v) is 20.6. The number of anilines is 3. The van der Waals surface area contributed by atoms with Crippen molar-refractivity contribution in [1.82, 2.24) is 0 Å². The van der Waals surface area contributed by atoms with Crippen molar-refractivity contribution in [1.29, 1.82) is 0 Å². The summed E-state index contributed by atoms with van der Waals surface area (Å²) in [5.74, 6) is 0. The van der Waals surface area contributed by atoms with Crippen molar-refractivity contribution in [2.24, 2.45) is 0 Å². The van der Waals surface area contributed by atoms with Crippen LogP contribution < -0.4 is 4.90 Å². The highest BCUT2D eigenvalue weighted by Gasteiger charge is 2.23. The van der Waals surface area contributed by atoms with Crippen LogP contribution >= 0.6 is 0 Å². The van der Waals surface area contributed by atoms with Crippen LogP contribution in [0.5, 0.6) is 0 Å². The van der Waals surface area contributed by atoms with Crippen LogP contribution in [0.15, 0.2) is 144 Å². The van der Waals surface area contributed by atoms with Gasteiger partial charge < -0.3 is 9.32 Å². The fraction of sp³-hybridized carbons (Fsp3) is 0. The van der Waals surface area contributed by atoms with Crippen LogP contribution in [-0.2, 0) is 0 Å². The van der Waals surface area contributed by atoms with E-state index in [0.29, 0.717) is 0 Å². The van der Waals surface area contributed by atoms with E-state index >= 15 is 0 Å². The molecule has 7 aromatic carbocycles. The topological polar surface area (TPSA) is 16.4 Å². The second kappa shape index (κ2) is 8.22. The summed E-state index contributed by atoms with van der Waals surface area (Å²) in [4.78, 5) is 2.43. The monoisotopic (exact) mass is 485 g/mol. The summed E-state index contributed by atoms with van der Waals surface area (Å²) in [7, 11) is 0. The van der Waals surface area contributed by atoms with Crippen molar-refractivity contribution in [3.05, 3.63) is 140 Å². The molecule has 0 fully saturated rings. The summed E-state index contributed by atoms with van der Waals surface area (Å²) in [6.07, 6.45) is 0. The molecule has 0 aliphatic carbocycles. The highest BCUT2D eigenvalue weighted by molar-refractivity contribution is 6.23. The maximum absolute atomic E-state index is 6.58. The molecule has 38 heavy (non-hydrogen) atoms. The van der Waals surface area contributed by atoms with Gasteiger partial charge >= 0.3 is 0 Å². The molecule has 0 atom stereocenters. The first-order valence-electron chi connectivity index (χ1n) is 13.0. The van der Waals surface area contributed by atoms with Gasteiger partial charge in [-0.15, -0.1) is 0 Å². The molecule has 1 aromatic heterocycles. The van der Waals surface area contributed by atoms with Crippen molar-refractivity contribution in [3.8, 4) is 0 Å². The third-order valence-corrected chi connectivity index (χ3v) is 7.61. The molecule has 0 radical (unpaired) electrons. The van der Waals surface area contributed by atoms with E-state index in [2.05, 4.69) is 138 Å². The molecule has 0 bridgehead atoms. The zero-order valence-electron chi connectivity index (χ0n) is 20.6. The Morgan fingerprint density at radius 3 is 1.55 bits per heavy atom. The molecule has 0 N–H and O–H groups in total. The average molecular weight is 486 g/mol. The minimum Gasteiger partial charge on any atom is -0.455 e. The van der Waals surface area contributed by atoms with Crippen molar-refractivity contribution < 1.29 is 4.42 Å². The molecule has 0 saturated heterocycles. The van der Waals surface area contributed by atoms with Gasteiger partial charge in [0.15, 0.2) is 0 Å². The number of fused-ring (bicyclic) bond motifs is 7. The van der Waals surface area contributed by atoms with Gasteiger partial charge in [-0.25, -0.2) is 0 Å². The quantitative estimate of drug-likeness (QED) is 0.247. The van der Waals surface area contributed by atoms with Gasteiger partial charge in [0.2, 0.25) is 0 Å². The van der Waals surface area contributed by atoms with Crippen LogP contribution in [-0.4, -0.2) is 0 Å². The molecule has 0 spiro atoms. The van der Waals surface area contributed by atoms with Crippen LogP contribution in [0.3, 0.4) is 0 Å². The van der Waals surface area contributed by atoms with Crippen LogP contribution in [0, 0.1) is 0 Å². The Morgan fingerprint density at radius 1 is 0.395 bits per heavy atom. The fourth-order valence-corrected chi connectivity index (χ4v) is 5.91. The maximum atomic E-state index is 6.58. The Labute approximate surface area is 220 Å². The van der Waals surface area contributed by atoms with E-state index in [1.54, 1.807) is 0 Å². The smallest absolute Gasteiger partial charge is 0.145 e. The first kappa shape index (κ1) is 21.0. The molecule has 178 valence electrons. The van der Waals surface area contributed by atoms with E-state index in [4.69, 9.17) is 4.42 Å². The number of hydrogen-bond acceptors (Lipinski definition) is 2. The number of rotatable bonds is 3. The number of benzene rings is 7. The van der Waals surface area contributed by atoms with E-state index in [0.717, 1.165) is 49.8 Å². The van der Waals surface area contributed by atoms with Gasteiger partial charge in [-0.3, -0.25) is 0 Å². The van der Waals surface area contributed by atoms with Gasteiger partial charge in [-0.05, 0) is 40.4 Å². The van der Waals surface area contributed by atoms with E-state index in [1.807, 2.05) is 6.07 Å². The summed E-state index contributed by atoms with van der Waals surface area (Å²) in [5.41, 5.74) is 5.21. The summed E-state index contributed by atoms with van der Waals surface area (Å²) >= 11 is 0. The molecule has 2 nitrogen and oxygen atoms in total. The van der Waals surface area contributed by atoms with Crippen molar-refractivity contribution in [3.63, 3.8) is 0 Å². The van der Waals surface area contributed by atoms with Crippen molar-refractivity contribution in [2.45, 2.75) is 0 Å². The standard InChI is InChI=1S/C36H23NO/c1-4-16-27-24(11-1)14-9-20-31(27)37(32-21-10-15-25-12-2-5-17-28(25)32)33-23-26-13-3-6-18-29(26)36-35(33)30-19-7-8-22-34(30)38-36/h1-23H. The molecule has 0 aliphatic rings. The van der Waals surface area contributed by atoms with Gasteiger partial charge in [0.25, 0.3) is 0 Å². The number of para-hydroxylation sites is 1. The van der Waals surface area contributed by atoms with Gasteiger partial charge in [-0.2, -0.15) is 0 Å². The average Bonchev–Trinajstić information content (AvgIpc) is 3.38. The number of nitrogens with zero attached hydrogens (tertiary/aromatic N) is 1. The Hall–Kier alpha value is -5.08. The van der Waals surface area contributed by atoms with Crippen LogP contribution in [0.1, 0.15) is 0 Å². The zero-order chi connectivity index (χ0) is 25.1. The van der Waals surface area contributed by atoms with E-state index < -0.39 is 0 Å². The summed E-state index contributed by atoms with van der Waals surface area (Å²) in [6.45, 7) is 0. The normalized spacial score (nSPS) is 11.7. The van der Waals surface area contributed by atoms with Gasteiger partial charge in [0, 0.05) is 21.5 Å². The minimum absolute atomic E-state index is 0.899. The Balaban J connectivity index is 1.59. The highest BCUT2D eigenvalue weighted by atomic mass is 16.3. The molecule has 0 saturated carbocycles. The Morgan fingerprint density at radius 2 is 0.895 bits per heavy atom. The lowest BCUT2D eigenvalue weighted by Crippen LogP contribution is -2.11. The van der Waals surface area contributed by atoms with Gasteiger partial charge in [0.1, 0.15) is 11.2 Å². The Bertz CT molecular complexity index is 2060. The largest absolute Gasteiger partial charge is 0.455 e. The Kier molecular flexibility index (Phi) is 4.55. The lowest BCUT2D eigenvalue weighted by molar-refractivity contribution is 0.672. The number of furan rings is 1. The third-order valence-electron chi connectivity index (χ3n) is 7.61. The maximum Gasteiger partial charge on any atom is 0.145 e. The van der Waals surface area contributed by atoms with E-state index in [1.165, 1.54) is 21.5 Å². The van der Waals surface area contributed by atoms with Crippen LogP contribution in [0.25, 0.3) is 54.3 Å². The summed E-state index contributed by atoms with van der Waals surface area (Å²) in [5, 5.41) is 9.36. The predicted molar refractivity (Wildman–Crippen MR) is 161 cm³/mol. The summed E-state index contributed by atoms with van der Waals surface area (Å²) < 4.78 is 6.58. The van der Waals surface area contributed by atoms with Gasteiger partial charge in [-0.1, -0.05) is 115 Å². The second-order valence-corrected chi connectivity index (χ2v) is 9.75. The van der Waals surface area contributed by atoms with E-state index in [9.17, 15) is 0 Å². The molecule has 2 heteroatoms. The minimum atomic E-state index is 0.899. The first-order chi connectivity index (χ1) is 18.9. The van der Waals surface area contributed by atoms with Gasteiger partial charge in [0.05, 0.1) is 22.4 Å². The lowest BCUT2D eigenvalue weighted by atomic mass is 9.99. The van der Waals surface area contributed by atoms with Crippen LogP contribution in [0.2, 0.25) is 0 Å².